The summed E-state index contributed by atoms with van der Waals surface area (Å²) in [6, 6.07) is 0. The van der Waals surface area contributed by atoms with E-state index in [4.69, 9.17) is 14.6 Å². The molecule has 0 bridgehead atoms. The molecule has 0 spiro atoms. The number of ether oxygens (including phenoxy) is 2. The minimum atomic E-state index is -0.910. The van der Waals surface area contributed by atoms with E-state index in [2.05, 4.69) is 0 Å². The van der Waals surface area contributed by atoms with E-state index in [0.29, 0.717) is 19.6 Å². The van der Waals surface area contributed by atoms with Gasteiger partial charge in [-0.1, -0.05) is 6.92 Å². The normalized spacial score (nSPS) is 12.2. The third-order valence-corrected chi connectivity index (χ3v) is 2.31. The maximum absolute atomic E-state index is 11.7. The summed E-state index contributed by atoms with van der Waals surface area (Å²) in [4.78, 5) is 23.9. The topological polar surface area (TPSA) is 76.1 Å². The van der Waals surface area contributed by atoms with Crippen molar-refractivity contribution in [3.8, 4) is 0 Å². The third-order valence-electron chi connectivity index (χ3n) is 2.31. The highest BCUT2D eigenvalue weighted by atomic mass is 16.5. The van der Waals surface area contributed by atoms with Crippen molar-refractivity contribution in [3.63, 3.8) is 0 Å². The highest BCUT2D eigenvalue weighted by Gasteiger charge is 2.19. The molecular weight excluding hydrogens is 226 g/mol. The number of nitrogens with zero attached hydrogens (tertiary/aromatic N) is 1. The fourth-order valence-corrected chi connectivity index (χ4v) is 1.34. The Balaban J connectivity index is 4.28. The van der Waals surface area contributed by atoms with Crippen LogP contribution in [-0.2, 0) is 19.1 Å². The lowest BCUT2D eigenvalue weighted by Crippen LogP contribution is -2.39. The zero-order valence-corrected chi connectivity index (χ0v) is 10.6. The first-order valence-corrected chi connectivity index (χ1v) is 5.51. The number of carboxylic acid groups (broad SMARTS) is 1. The standard InChI is InChI=1S/C11H21NO5/c1-9(11(14)15)7-12(5-4-6-16-2)10(13)8-17-3/h9H,4-8H2,1-3H3,(H,14,15). The number of hydrogen-bond donors (Lipinski definition) is 1. The number of carbonyl (C=O) groups is 2. The zero-order valence-electron chi connectivity index (χ0n) is 10.6. The summed E-state index contributed by atoms with van der Waals surface area (Å²) >= 11 is 0. The number of carbonyl (C=O) groups excluding carboxylic acids is 1. The molecule has 100 valence electrons. The lowest BCUT2D eigenvalue weighted by Gasteiger charge is -2.24. The van der Waals surface area contributed by atoms with Gasteiger partial charge in [0.05, 0.1) is 5.92 Å². The Morgan fingerprint density at radius 2 is 1.94 bits per heavy atom. The summed E-state index contributed by atoms with van der Waals surface area (Å²) in [7, 11) is 3.02. The van der Waals surface area contributed by atoms with Gasteiger partial charge in [-0.3, -0.25) is 9.59 Å². The van der Waals surface area contributed by atoms with E-state index in [9.17, 15) is 9.59 Å². The Morgan fingerprint density at radius 1 is 1.29 bits per heavy atom. The quantitative estimate of drug-likeness (QED) is 0.590. The molecule has 0 aliphatic carbocycles. The van der Waals surface area contributed by atoms with Gasteiger partial charge in [0.25, 0.3) is 0 Å². The van der Waals surface area contributed by atoms with Crippen LogP contribution in [-0.4, -0.2) is 62.4 Å². The third kappa shape index (κ3) is 6.91. The van der Waals surface area contributed by atoms with Crippen molar-refractivity contribution in [1.29, 1.82) is 0 Å². The second-order valence-electron chi connectivity index (χ2n) is 3.86. The van der Waals surface area contributed by atoms with Crippen LogP contribution in [0.5, 0.6) is 0 Å². The number of hydrogen-bond acceptors (Lipinski definition) is 4. The van der Waals surface area contributed by atoms with Crippen molar-refractivity contribution in [3.05, 3.63) is 0 Å². The molecule has 6 nitrogen and oxygen atoms in total. The molecule has 0 aromatic carbocycles. The van der Waals surface area contributed by atoms with Crippen molar-refractivity contribution in [2.75, 3.05) is 40.5 Å². The molecule has 6 heteroatoms. The summed E-state index contributed by atoms with van der Waals surface area (Å²) in [5.41, 5.74) is 0. The lowest BCUT2D eigenvalue weighted by atomic mass is 10.1. The highest BCUT2D eigenvalue weighted by Crippen LogP contribution is 2.03. The van der Waals surface area contributed by atoms with Crippen LogP contribution >= 0.6 is 0 Å². The van der Waals surface area contributed by atoms with Gasteiger partial charge in [-0.15, -0.1) is 0 Å². The minimum absolute atomic E-state index is 0.0285. The van der Waals surface area contributed by atoms with E-state index < -0.39 is 11.9 Å². The fraction of sp³-hybridized carbons (Fsp3) is 0.818. The Bertz CT molecular complexity index is 244. The van der Waals surface area contributed by atoms with Crippen molar-refractivity contribution < 1.29 is 24.2 Å². The lowest BCUT2D eigenvalue weighted by molar-refractivity contribution is -0.144. The highest BCUT2D eigenvalue weighted by molar-refractivity contribution is 5.78. The number of methoxy groups -OCH3 is 2. The molecule has 0 aliphatic rings. The monoisotopic (exact) mass is 247 g/mol. The molecule has 1 amide bonds. The largest absolute Gasteiger partial charge is 0.481 e. The number of rotatable bonds is 9. The molecule has 0 aromatic heterocycles. The molecule has 0 rings (SSSR count). The molecule has 0 saturated carbocycles. The molecule has 1 unspecified atom stereocenters. The maximum Gasteiger partial charge on any atom is 0.308 e. The SMILES string of the molecule is COCCCN(CC(C)C(=O)O)C(=O)COC. The fourth-order valence-electron chi connectivity index (χ4n) is 1.34. The van der Waals surface area contributed by atoms with Crippen LogP contribution < -0.4 is 0 Å². The molecule has 0 heterocycles. The van der Waals surface area contributed by atoms with Crippen LogP contribution in [0.2, 0.25) is 0 Å². The average molecular weight is 247 g/mol. The first kappa shape index (κ1) is 15.9. The Kier molecular flexibility index (Phi) is 8.35. The van der Waals surface area contributed by atoms with E-state index >= 15 is 0 Å². The minimum Gasteiger partial charge on any atom is -0.481 e. The Morgan fingerprint density at radius 3 is 2.41 bits per heavy atom. The first-order valence-electron chi connectivity index (χ1n) is 5.51. The van der Waals surface area contributed by atoms with Gasteiger partial charge in [-0.25, -0.2) is 0 Å². The van der Waals surface area contributed by atoms with E-state index in [1.165, 1.54) is 12.0 Å². The van der Waals surface area contributed by atoms with Gasteiger partial charge in [0.2, 0.25) is 5.91 Å². The van der Waals surface area contributed by atoms with Crippen LogP contribution in [0.25, 0.3) is 0 Å². The van der Waals surface area contributed by atoms with Crippen LogP contribution in [0, 0.1) is 5.92 Å². The summed E-state index contributed by atoms with van der Waals surface area (Å²) < 4.78 is 9.66. The van der Waals surface area contributed by atoms with Crippen LogP contribution in [0.3, 0.4) is 0 Å². The Labute approximate surface area is 101 Å². The van der Waals surface area contributed by atoms with Crippen molar-refractivity contribution in [2.24, 2.45) is 5.92 Å². The maximum atomic E-state index is 11.7. The molecule has 0 radical (unpaired) electrons. The molecule has 1 atom stereocenters. The Hall–Kier alpha value is -1.14. The van der Waals surface area contributed by atoms with Gasteiger partial charge in [-0.05, 0) is 6.42 Å². The predicted molar refractivity (Wildman–Crippen MR) is 61.7 cm³/mol. The van der Waals surface area contributed by atoms with Crippen LogP contribution in [0.15, 0.2) is 0 Å². The first-order chi connectivity index (χ1) is 8.02. The predicted octanol–water partition coefficient (Wildman–Crippen LogP) is 0.219. The molecule has 0 aliphatic heterocycles. The van der Waals surface area contributed by atoms with Gasteiger partial charge in [0.15, 0.2) is 0 Å². The molecule has 17 heavy (non-hydrogen) atoms. The summed E-state index contributed by atoms with van der Waals surface area (Å²) in [5.74, 6) is -1.69. The van der Waals surface area contributed by atoms with Crippen LogP contribution in [0.1, 0.15) is 13.3 Å². The van der Waals surface area contributed by atoms with E-state index in [0.717, 1.165) is 0 Å². The van der Waals surface area contributed by atoms with Crippen molar-refractivity contribution in [2.45, 2.75) is 13.3 Å². The number of amides is 1. The van der Waals surface area contributed by atoms with E-state index in [-0.39, 0.29) is 19.1 Å². The number of aliphatic carboxylic acids is 1. The van der Waals surface area contributed by atoms with Crippen molar-refractivity contribution in [1.82, 2.24) is 4.90 Å². The zero-order chi connectivity index (χ0) is 13.3. The van der Waals surface area contributed by atoms with E-state index in [1.807, 2.05) is 0 Å². The molecule has 0 saturated heterocycles. The molecule has 0 fully saturated rings. The van der Waals surface area contributed by atoms with Gasteiger partial charge in [0, 0.05) is 33.9 Å². The van der Waals surface area contributed by atoms with Crippen LogP contribution in [0.4, 0.5) is 0 Å². The van der Waals surface area contributed by atoms with Gasteiger partial charge in [-0.2, -0.15) is 0 Å². The number of carboxylic acids is 1. The van der Waals surface area contributed by atoms with Gasteiger partial charge >= 0.3 is 5.97 Å². The molecular formula is C11H21NO5. The summed E-state index contributed by atoms with van der Waals surface area (Å²) in [6.07, 6.45) is 0.679. The summed E-state index contributed by atoms with van der Waals surface area (Å²) in [5, 5.41) is 8.82. The van der Waals surface area contributed by atoms with Gasteiger partial charge in [0.1, 0.15) is 6.61 Å². The average Bonchev–Trinajstić information content (AvgIpc) is 2.27. The van der Waals surface area contributed by atoms with Gasteiger partial charge < -0.3 is 19.5 Å². The van der Waals surface area contributed by atoms with E-state index in [1.54, 1.807) is 14.0 Å². The van der Waals surface area contributed by atoms with Crippen molar-refractivity contribution >= 4 is 11.9 Å². The molecule has 0 aromatic rings. The second-order valence-corrected chi connectivity index (χ2v) is 3.86. The molecule has 1 N–H and O–H groups in total. The smallest absolute Gasteiger partial charge is 0.308 e. The summed E-state index contributed by atoms with van der Waals surface area (Å²) in [6.45, 7) is 2.76. The second kappa shape index (κ2) is 8.95.